The van der Waals surface area contributed by atoms with Crippen LogP contribution in [0.4, 0.5) is 0 Å². The lowest BCUT2D eigenvalue weighted by Crippen LogP contribution is -1.77. The van der Waals surface area contributed by atoms with Gasteiger partial charge in [-0.25, -0.2) is 0 Å². The van der Waals surface area contributed by atoms with E-state index in [1.807, 2.05) is 12.1 Å². The second-order valence-corrected chi connectivity index (χ2v) is 5.45. The minimum Gasteiger partial charge on any atom is -0.192 e. The summed E-state index contributed by atoms with van der Waals surface area (Å²) >= 11 is 7.35. The summed E-state index contributed by atoms with van der Waals surface area (Å²) in [5.41, 5.74) is 0.698. The monoisotopic (exact) mass is 363 g/mol. The van der Waals surface area contributed by atoms with Crippen molar-refractivity contribution >= 4 is 59.9 Å². The number of nitrogens with zero attached hydrogens (tertiary/aromatic N) is 1. The molecule has 0 spiro atoms. The molecule has 1 nitrogen and oxygen atoms in total. The second kappa shape index (κ2) is 3.56. The highest BCUT2D eigenvalue weighted by atomic mass is 127. The summed E-state index contributed by atoms with van der Waals surface area (Å²) in [6, 6.07) is 6.09. The normalized spacial score (nSPS) is 10.2. The van der Waals surface area contributed by atoms with Crippen molar-refractivity contribution < 1.29 is 0 Å². The molecule has 2 rings (SSSR count). The molecule has 0 N–H and O–H groups in total. The van der Waals surface area contributed by atoms with Crippen LogP contribution in [0, 0.1) is 14.9 Å². The molecule has 1 aromatic carbocycles. The number of nitriles is 1. The fraction of sp³-hybridized carbons (Fsp3) is 0. The highest BCUT2D eigenvalue weighted by Crippen LogP contribution is 2.31. The maximum absolute atomic E-state index is 8.83. The first-order valence-electron chi connectivity index (χ1n) is 3.48. The Morgan fingerprint density at radius 2 is 2.23 bits per heavy atom. The number of thiophene rings is 1. The Morgan fingerprint density at radius 3 is 2.92 bits per heavy atom. The van der Waals surface area contributed by atoms with E-state index in [0.717, 1.165) is 4.47 Å². The summed E-state index contributed by atoms with van der Waals surface area (Å²) < 4.78 is 3.30. The molecular weight excluding hydrogens is 361 g/mol. The molecule has 0 bridgehead atoms. The molecule has 13 heavy (non-hydrogen) atoms. The molecule has 0 saturated carbocycles. The van der Waals surface area contributed by atoms with Crippen LogP contribution < -0.4 is 0 Å². The van der Waals surface area contributed by atoms with Crippen molar-refractivity contribution in [2.75, 3.05) is 0 Å². The van der Waals surface area contributed by atoms with Gasteiger partial charge in [0.25, 0.3) is 0 Å². The Morgan fingerprint density at radius 1 is 1.46 bits per heavy atom. The lowest BCUT2D eigenvalue weighted by atomic mass is 10.2. The SMILES string of the molecule is N#Cc1cc2c(I)csc2cc1Br. The van der Waals surface area contributed by atoms with Gasteiger partial charge in [0.2, 0.25) is 0 Å². The first-order valence-corrected chi connectivity index (χ1v) is 6.24. The number of benzene rings is 1. The Bertz CT molecular complexity index is 512. The van der Waals surface area contributed by atoms with Gasteiger partial charge in [-0.15, -0.1) is 11.3 Å². The Kier molecular flexibility index (Phi) is 2.58. The van der Waals surface area contributed by atoms with Gasteiger partial charge < -0.3 is 0 Å². The number of rotatable bonds is 0. The van der Waals surface area contributed by atoms with Gasteiger partial charge in [-0.3, -0.25) is 0 Å². The van der Waals surface area contributed by atoms with Crippen LogP contribution in [-0.4, -0.2) is 0 Å². The van der Waals surface area contributed by atoms with Crippen molar-refractivity contribution in [2.24, 2.45) is 0 Å². The second-order valence-electron chi connectivity index (χ2n) is 2.52. The van der Waals surface area contributed by atoms with Gasteiger partial charge in [0, 0.05) is 23.5 Å². The van der Waals surface area contributed by atoms with Crippen molar-refractivity contribution in [1.29, 1.82) is 5.26 Å². The molecular formula is C9H3BrINS. The summed E-state index contributed by atoms with van der Waals surface area (Å²) in [5, 5.41) is 12.1. The molecule has 0 aliphatic rings. The molecule has 0 unspecified atom stereocenters. The fourth-order valence-electron chi connectivity index (χ4n) is 1.10. The van der Waals surface area contributed by atoms with Crippen LogP contribution in [-0.2, 0) is 0 Å². The predicted octanol–water partition coefficient (Wildman–Crippen LogP) is 4.14. The lowest BCUT2D eigenvalue weighted by Gasteiger charge is -1.95. The van der Waals surface area contributed by atoms with Crippen LogP contribution in [0.1, 0.15) is 5.56 Å². The summed E-state index contributed by atoms with van der Waals surface area (Å²) in [6.07, 6.45) is 0. The maximum Gasteiger partial charge on any atom is 0.100 e. The number of halogens is 2. The minimum atomic E-state index is 0.698. The standard InChI is InChI=1S/C9H3BrINS/c10-7-2-9-6(1-5(7)3-12)8(11)4-13-9/h1-2,4H. The van der Waals surface area contributed by atoms with Crippen molar-refractivity contribution in [3.05, 3.63) is 31.1 Å². The molecule has 2 aromatic rings. The predicted molar refractivity (Wildman–Crippen MR) is 67.0 cm³/mol. The van der Waals surface area contributed by atoms with E-state index in [4.69, 9.17) is 5.26 Å². The van der Waals surface area contributed by atoms with E-state index in [1.54, 1.807) is 11.3 Å². The highest BCUT2D eigenvalue weighted by molar-refractivity contribution is 14.1. The molecule has 0 aliphatic heterocycles. The first-order chi connectivity index (χ1) is 6.22. The smallest absolute Gasteiger partial charge is 0.100 e. The van der Waals surface area contributed by atoms with Gasteiger partial charge in [-0.1, -0.05) is 0 Å². The third-order valence-corrected chi connectivity index (χ3v) is 4.65. The van der Waals surface area contributed by atoms with Crippen molar-refractivity contribution in [3.63, 3.8) is 0 Å². The van der Waals surface area contributed by atoms with E-state index in [1.165, 1.54) is 13.7 Å². The van der Waals surface area contributed by atoms with Crippen LogP contribution in [0.2, 0.25) is 0 Å². The lowest BCUT2D eigenvalue weighted by molar-refractivity contribution is 1.48. The summed E-state index contributed by atoms with van der Waals surface area (Å²) in [6.45, 7) is 0. The molecule has 4 heteroatoms. The zero-order valence-corrected chi connectivity index (χ0v) is 10.9. The molecule has 0 fully saturated rings. The average Bonchev–Trinajstić information content (AvgIpc) is 2.46. The zero-order valence-electron chi connectivity index (χ0n) is 6.34. The topological polar surface area (TPSA) is 23.8 Å². The summed E-state index contributed by atoms with van der Waals surface area (Å²) in [7, 11) is 0. The molecule has 1 aromatic heterocycles. The number of hydrogen-bond acceptors (Lipinski definition) is 2. The largest absolute Gasteiger partial charge is 0.192 e. The molecule has 1 heterocycles. The van der Waals surface area contributed by atoms with Gasteiger partial charge in [-0.05, 0) is 50.7 Å². The van der Waals surface area contributed by atoms with Gasteiger partial charge in [0.15, 0.2) is 0 Å². The van der Waals surface area contributed by atoms with Crippen LogP contribution in [0.15, 0.2) is 22.0 Å². The number of fused-ring (bicyclic) bond motifs is 1. The van der Waals surface area contributed by atoms with Crippen LogP contribution in [0.5, 0.6) is 0 Å². The maximum atomic E-state index is 8.83. The van der Waals surface area contributed by atoms with E-state index in [9.17, 15) is 0 Å². The summed E-state index contributed by atoms with van der Waals surface area (Å²) in [4.78, 5) is 0. The molecule has 0 aliphatic carbocycles. The van der Waals surface area contributed by atoms with Crippen LogP contribution in [0.3, 0.4) is 0 Å². The third-order valence-electron chi connectivity index (χ3n) is 1.74. The third kappa shape index (κ3) is 1.60. The van der Waals surface area contributed by atoms with Gasteiger partial charge >= 0.3 is 0 Å². The summed E-state index contributed by atoms with van der Waals surface area (Å²) in [5.74, 6) is 0. The molecule has 0 saturated heterocycles. The molecule has 0 radical (unpaired) electrons. The van der Waals surface area contributed by atoms with E-state index in [0.29, 0.717) is 5.56 Å². The van der Waals surface area contributed by atoms with E-state index in [2.05, 4.69) is 50.0 Å². The van der Waals surface area contributed by atoms with Gasteiger partial charge in [0.1, 0.15) is 6.07 Å². The first kappa shape index (κ1) is 9.44. The Labute approximate surface area is 102 Å². The molecule has 64 valence electrons. The van der Waals surface area contributed by atoms with E-state index < -0.39 is 0 Å². The molecule has 0 amide bonds. The number of hydrogen-bond donors (Lipinski definition) is 0. The molecule has 0 atom stereocenters. The van der Waals surface area contributed by atoms with Crippen LogP contribution in [0.25, 0.3) is 10.1 Å². The average molecular weight is 364 g/mol. The fourth-order valence-corrected chi connectivity index (χ4v) is 3.54. The van der Waals surface area contributed by atoms with Crippen molar-refractivity contribution in [1.82, 2.24) is 0 Å². The quantitative estimate of drug-likeness (QED) is 0.645. The Balaban J connectivity index is 2.86. The Hall–Kier alpha value is -0.120. The van der Waals surface area contributed by atoms with Gasteiger partial charge in [-0.2, -0.15) is 5.26 Å². The van der Waals surface area contributed by atoms with Gasteiger partial charge in [0.05, 0.1) is 5.56 Å². The van der Waals surface area contributed by atoms with E-state index >= 15 is 0 Å². The van der Waals surface area contributed by atoms with Crippen molar-refractivity contribution in [3.8, 4) is 6.07 Å². The zero-order chi connectivity index (χ0) is 9.42. The highest BCUT2D eigenvalue weighted by Gasteiger charge is 2.05. The van der Waals surface area contributed by atoms with Crippen molar-refractivity contribution in [2.45, 2.75) is 0 Å². The van der Waals surface area contributed by atoms with E-state index in [-0.39, 0.29) is 0 Å². The minimum absolute atomic E-state index is 0.698. The van der Waals surface area contributed by atoms with Crippen LogP contribution >= 0.6 is 49.9 Å².